The van der Waals surface area contributed by atoms with Crippen molar-refractivity contribution in [2.75, 3.05) is 0 Å². The van der Waals surface area contributed by atoms with Gasteiger partial charge in [0, 0.05) is 12.5 Å². The Balaban J connectivity index is 2.06. The minimum absolute atomic E-state index is 0.117. The van der Waals surface area contributed by atoms with Gasteiger partial charge < -0.3 is 10.0 Å². The molecule has 2 unspecified atom stereocenters. The van der Waals surface area contributed by atoms with Gasteiger partial charge in [-0.15, -0.1) is 0 Å². The second-order valence-corrected chi connectivity index (χ2v) is 6.01. The number of carboxylic acids is 1. The summed E-state index contributed by atoms with van der Waals surface area (Å²) in [6.07, 6.45) is 3.66. The summed E-state index contributed by atoms with van der Waals surface area (Å²) in [5, 5.41) is 9.60. The molecule has 2 fully saturated rings. The molecule has 1 aromatic carbocycles. The second kappa shape index (κ2) is 5.51. The highest BCUT2D eigenvalue weighted by atomic mass is 16.4. The molecule has 0 spiro atoms. The van der Waals surface area contributed by atoms with Crippen molar-refractivity contribution in [2.24, 2.45) is 5.92 Å². The number of hydrogen-bond donors (Lipinski definition) is 1. The number of carboxylic acid groups (broad SMARTS) is 1. The lowest BCUT2D eigenvalue weighted by Gasteiger charge is -2.41. The highest BCUT2D eigenvalue weighted by Gasteiger charge is 2.46. The van der Waals surface area contributed by atoms with E-state index in [1.165, 1.54) is 0 Å². The van der Waals surface area contributed by atoms with Gasteiger partial charge in [0.25, 0.3) is 0 Å². The topological polar surface area (TPSA) is 57.6 Å². The SMILES string of the molecule is CCc1ccccc1C1C(C(=O)O)CCC(=O)N1C1CC1. The average Bonchev–Trinajstić information content (AvgIpc) is 3.31. The zero-order chi connectivity index (χ0) is 15.0. The predicted octanol–water partition coefficient (Wildman–Crippen LogP) is 2.78. The van der Waals surface area contributed by atoms with Crippen molar-refractivity contribution >= 4 is 11.9 Å². The molecular formula is C17H21NO3. The summed E-state index contributed by atoms with van der Waals surface area (Å²) in [4.78, 5) is 25.9. The number of aryl methyl sites for hydroxylation is 1. The van der Waals surface area contributed by atoms with E-state index in [1.807, 2.05) is 29.2 Å². The molecular weight excluding hydrogens is 266 g/mol. The Morgan fingerprint density at radius 3 is 2.62 bits per heavy atom. The van der Waals surface area contributed by atoms with Gasteiger partial charge in [0.15, 0.2) is 0 Å². The van der Waals surface area contributed by atoms with Crippen LogP contribution in [0.15, 0.2) is 24.3 Å². The highest BCUT2D eigenvalue weighted by Crippen LogP contribution is 2.44. The molecule has 112 valence electrons. The number of likely N-dealkylation sites (tertiary alicyclic amines) is 1. The van der Waals surface area contributed by atoms with Gasteiger partial charge in [-0.3, -0.25) is 9.59 Å². The number of hydrogen-bond acceptors (Lipinski definition) is 2. The molecule has 1 heterocycles. The lowest BCUT2D eigenvalue weighted by atomic mass is 9.82. The summed E-state index contributed by atoms with van der Waals surface area (Å²) >= 11 is 0. The molecule has 4 heteroatoms. The van der Waals surface area contributed by atoms with Crippen LogP contribution in [0, 0.1) is 5.92 Å². The van der Waals surface area contributed by atoms with Gasteiger partial charge in [0.1, 0.15) is 0 Å². The number of aliphatic carboxylic acids is 1. The van der Waals surface area contributed by atoms with Gasteiger partial charge in [-0.2, -0.15) is 0 Å². The van der Waals surface area contributed by atoms with E-state index >= 15 is 0 Å². The third-order valence-electron chi connectivity index (χ3n) is 4.65. The molecule has 1 saturated heterocycles. The Labute approximate surface area is 124 Å². The van der Waals surface area contributed by atoms with Crippen LogP contribution in [-0.2, 0) is 16.0 Å². The summed E-state index contributed by atoms with van der Waals surface area (Å²) in [6, 6.07) is 7.90. The van der Waals surface area contributed by atoms with Crippen LogP contribution in [0.4, 0.5) is 0 Å². The van der Waals surface area contributed by atoms with Gasteiger partial charge >= 0.3 is 5.97 Å². The Kier molecular flexibility index (Phi) is 3.70. The molecule has 1 amide bonds. The van der Waals surface area contributed by atoms with Crippen LogP contribution in [-0.4, -0.2) is 27.9 Å². The third kappa shape index (κ3) is 2.55. The normalized spacial score (nSPS) is 26.0. The van der Waals surface area contributed by atoms with Crippen molar-refractivity contribution in [1.82, 2.24) is 4.90 Å². The molecule has 0 radical (unpaired) electrons. The zero-order valence-electron chi connectivity index (χ0n) is 12.3. The Bertz CT molecular complexity index is 565. The Morgan fingerprint density at radius 2 is 2.00 bits per heavy atom. The van der Waals surface area contributed by atoms with E-state index in [0.717, 1.165) is 30.4 Å². The van der Waals surface area contributed by atoms with Gasteiger partial charge in [-0.1, -0.05) is 31.2 Å². The molecule has 4 nitrogen and oxygen atoms in total. The van der Waals surface area contributed by atoms with E-state index in [1.54, 1.807) is 0 Å². The molecule has 0 bridgehead atoms. The smallest absolute Gasteiger partial charge is 0.308 e. The highest BCUT2D eigenvalue weighted by molar-refractivity contribution is 5.82. The second-order valence-electron chi connectivity index (χ2n) is 6.01. The molecule has 1 aliphatic heterocycles. The molecule has 2 aliphatic rings. The fourth-order valence-corrected chi connectivity index (χ4v) is 3.47. The van der Waals surface area contributed by atoms with E-state index in [0.29, 0.717) is 12.8 Å². The van der Waals surface area contributed by atoms with Gasteiger partial charge in [0.05, 0.1) is 12.0 Å². The molecule has 21 heavy (non-hydrogen) atoms. The van der Waals surface area contributed by atoms with Crippen molar-refractivity contribution < 1.29 is 14.7 Å². The largest absolute Gasteiger partial charge is 0.481 e. The van der Waals surface area contributed by atoms with Crippen molar-refractivity contribution in [2.45, 2.75) is 51.1 Å². The molecule has 3 rings (SSSR count). The Hall–Kier alpha value is -1.84. The van der Waals surface area contributed by atoms with Crippen LogP contribution in [0.1, 0.15) is 49.8 Å². The van der Waals surface area contributed by atoms with Crippen molar-refractivity contribution in [3.8, 4) is 0 Å². The van der Waals surface area contributed by atoms with E-state index < -0.39 is 11.9 Å². The maximum Gasteiger partial charge on any atom is 0.308 e. The monoisotopic (exact) mass is 287 g/mol. The number of nitrogens with zero attached hydrogens (tertiary/aromatic N) is 1. The van der Waals surface area contributed by atoms with Crippen LogP contribution in [0.25, 0.3) is 0 Å². The molecule has 2 atom stereocenters. The average molecular weight is 287 g/mol. The van der Waals surface area contributed by atoms with Gasteiger partial charge in [0.2, 0.25) is 5.91 Å². The van der Waals surface area contributed by atoms with Gasteiger partial charge in [-0.05, 0) is 36.8 Å². The molecule has 1 aliphatic carbocycles. The number of piperidine rings is 1. The van der Waals surface area contributed by atoms with Gasteiger partial charge in [-0.25, -0.2) is 0 Å². The maximum atomic E-state index is 12.4. The number of carbonyl (C=O) groups excluding carboxylic acids is 1. The summed E-state index contributed by atoms with van der Waals surface area (Å²) < 4.78 is 0. The van der Waals surface area contributed by atoms with Crippen LogP contribution < -0.4 is 0 Å². The van der Waals surface area contributed by atoms with Crippen LogP contribution in [0.5, 0.6) is 0 Å². The number of rotatable bonds is 4. The zero-order valence-corrected chi connectivity index (χ0v) is 12.3. The Morgan fingerprint density at radius 1 is 1.29 bits per heavy atom. The fraction of sp³-hybridized carbons (Fsp3) is 0.529. The number of carbonyl (C=O) groups is 2. The van der Waals surface area contributed by atoms with Crippen LogP contribution in [0.2, 0.25) is 0 Å². The third-order valence-corrected chi connectivity index (χ3v) is 4.65. The summed E-state index contributed by atoms with van der Waals surface area (Å²) in [5.74, 6) is -1.16. The van der Waals surface area contributed by atoms with E-state index in [9.17, 15) is 14.7 Å². The van der Waals surface area contributed by atoms with Crippen molar-refractivity contribution in [3.63, 3.8) is 0 Å². The van der Waals surface area contributed by atoms with Crippen LogP contribution in [0.3, 0.4) is 0 Å². The summed E-state index contributed by atoms with van der Waals surface area (Å²) in [5.41, 5.74) is 2.17. The van der Waals surface area contributed by atoms with E-state index in [-0.39, 0.29) is 18.0 Å². The lowest BCUT2D eigenvalue weighted by molar-refractivity contribution is -0.152. The minimum atomic E-state index is -0.788. The standard InChI is InChI=1S/C17H21NO3/c1-2-11-5-3-4-6-13(11)16-14(17(20)21)9-10-15(19)18(16)12-7-8-12/h3-6,12,14,16H,2,7-10H2,1H3,(H,20,21). The molecule has 1 saturated carbocycles. The quantitative estimate of drug-likeness (QED) is 0.926. The lowest BCUT2D eigenvalue weighted by Crippen LogP contribution is -2.46. The molecule has 1 aromatic rings. The molecule has 1 N–H and O–H groups in total. The minimum Gasteiger partial charge on any atom is -0.481 e. The fourth-order valence-electron chi connectivity index (χ4n) is 3.47. The summed E-state index contributed by atoms with van der Waals surface area (Å²) in [7, 11) is 0. The first-order valence-electron chi connectivity index (χ1n) is 7.75. The summed E-state index contributed by atoms with van der Waals surface area (Å²) in [6.45, 7) is 2.07. The predicted molar refractivity (Wildman–Crippen MR) is 78.8 cm³/mol. The molecule has 0 aromatic heterocycles. The maximum absolute atomic E-state index is 12.4. The van der Waals surface area contributed by atoms with Crippen molar-refractivity contribution in [3.05, 3.63) is 35.4 Å². The van der Waals surface area contributed by atoms with E-state index in [2.05, 4.69) is 6.92 Å². The number of benzene rings is 1. The first kappa shape index (κ1) is 14.1. The van der Waals surface area contributed by atoms with E-state index in [4.69, 9.17) is 0 Å². The van der Waals surface area contributed by atoms with Crippen LogP contribution >= 0.6 is 0 Å². The first-order chi connectivity index (χ1) is 10.1. The van der Waals surface area contributed by atoms with Crippen molar-refractivity contribution in [1.29, 1.82) is 0 Å². The first-order valence-corrected chi connectivity index (χ1v) is 7.75. The number of amides is 1.